The van der Waals surface area contributed by atoms with Gasteiger partial charge in [-0.2, -0.15) is 13.2 Å². The molecule has 1 N–H and O–H groups in total. The second-order valence-electron chi connectivity index (χ2n) is 5.26. The molecule has 0 unspecified atom stereocenters. The molecule has 4 heteroatoms. The van der Waals surface area contributed by atoms with Crippen LogP contribution < -0.4 is 5.32 Å². The molecule has 112 valence electrons. The first kappa shape index (κ1) is 15.4. The molecule has 2 aromatic carbocycles. The molecule has 0 spiro atoms. The predicted molar refractivity (Wildman–Crippen MR) is 79.4 cm³/mol. The number of benzene rings is 2. The summed E-state index contributed by atoms with van der Waals surface area (Å²) in [6, 6.07) is 9.63. The molecule has 0 saturated heterocycles. The topological polar surface area (TPSA) is 12.0 Å². The lowest BCUT2D eigenvalue weighted by molar-refractivity contribution is -0.136. The van der Waals surface area contributed by atoms with Gasteiger partial charge in [-0.1, -0.05) is 24.3 Å². The highest BCUT2D eigenvalue weighted by Gasteiger charge is 2.33. The number of alkyl halides is 3. The highest BCUT2D eigenvalue weighted by molar-refractivity contribution is 5.53. The lowest BCUT2D eigenvalue weighted by Crippen LogP contribution is -2.11. The zero-order valence-electron chi connectivity index (χ0n) is 12.3. The normalized spacial score (nSPS) is 11.5. The Morgan fingerprint density at radius 3 is 2.19 bits per heavy atom. The summed E-state index contributed by atoms with van der Waals surface area (Å²) >= 11 is 0. The van der Waals surface area contributed by atoms with Crippen molar-refractivity contribution < 1.29 is 13.2 Å². The van der Waals surface area contributed by atoms with E-state index in [2.05, 4.69) is 11.4 Å². The van der Waals surface area contributed by atoms with Crippen molar-refractivity contribution in [2.45, 2.75) is 33.5 Å². The summed E-state index contributed by atoms with van der Waals surface area (Å²) in [6.07, 6.45) is -4.35. The predicted octanol–water partition coefficient (Wildman–Crippen LogP) is 5.24. The third kappa shape index (κ3) is 3.57. The standard InChI is InChI=1S/C17H18F3N/c1-11-8-13(3)14(9-12(11)2)10-21-16-7-5-4-6-15(16)17(18,19)20/h4-9,21H,10H2,1-3H3. The van der Waals surface area contributed by atoms with Crippen LogP contribution in [0, 0.1) is 20.8 Å². The number of aryl methyl sites for hydroxylation is 3. The van der Waals surface area contributed by atoms with Crippen molar-refractivity contribution >= 4 is 5.69 Å². The fourth-order valence-corrected chi connectivity index (χ4v) is 2.29. The molecular weight excluding hydrogens is 275 g/mol. The van der Waals surface area contributed by atoms with Crippen LogP contribution in [0.15, 0.2) is 36.4 Å². The van der Waals surface area contributed by atoms with Gasteiger partial charge in [0.05, 0.1) is 5.56 Å². The Hall–Kier alpha value is -1.97. The van der Waals surface area contributed by atoms with Gasteiger partial charge in [0, 0.05) is 12.2 Å². The third-order valence-electron chi connectivity index (χ3n) is 3.65. The van der Waals surface area contributed by atoms with E-state index in [1.165, 1.54) is 17.7 Å². The first-order valence-electron chi connectivity index (χ1n) is 6.76. The molecule has 0 radical (unpaired) electrons. The average Bonchev–Trinajstić information content (AvgIpc) is 2.41. The van der Waals surface area contributed by atoms with Crippen molar-refractivity contribution in [3.8, 4) is 0 Å². The van der Waals surface area contributed by atoms with Crippen molar-refractivity contribution in [1.82, 2.24) is 0 Å². The van der Waals surface area contributed by atoms with E-state index in [0.717, 1.165) is 22.8 Å². The molecule has 1 nitrogen and oxygen atoms in total. The Morgan fingerprint density at radius 1 is 0.905 bits per heavy atom. The minimum Gasteiger partial charge on any atom is -0.380 e. The quantitative estimate of drug-likeness (QED) is 0.815. The highest BCUT2D eigenvalue weighted by Crippen LogP contribution is 2.34. The number of nitrogens with one attached hydrogen (secondary N) is 1. The second kappa shape index (κ2) is 5.80. The van der Waals surface area contributed by atoms with Crippen LogP contribution in [0.2, 0.25) is 0 Å². The van der Waals surface area contributed by atoms with Crippen molar-refractivity contribution in [1.29, 1.82) is 0 Å². The Bertz CT molecular complexity index is 645. The Kier molecular flexibility index (Phi) is 4.26. The monoisotopic (exact) mass is 293 g/mol. The van der Waals surface area contributed by atoms with E-state index in [-0.39, 0.29) is 5.69 Å². The minimum atomic E-state index is -4.35. The molecule has 0 saturated carbocycles. The van der Waals surface area contributed by atoms with E-state index in [9.17, 15) is 13.2 Å². The fraction of sp³-hybridized carbons (Fsp3) is 0.294. The summed E-state index contributed by atoms with van der Waals surface area (Å²) in [7, 11) is 0. The molecule has 0 aromatic heterocycles. The van der Waals surface area contributed by atoms with Gasteiger partial charge >= 0.3 is 6.18 Å². The maximum atomic E-state index is 12.9. The Morgan fingerprint density at radius 2 is 1.52 bits per heavy atom. The number of hydrogen-bond donors (Lipinski definition) is 1. The maximum Gasteiger partial charge on any atom is 0.418 e. The van der Waals surface area contributed by atoms with Crippen LogP contribution in [-0.4, -0.2) is 0 Å². The van der Waals surface area contributed by atoms with Gasteiger partial charge in [0.2, 0.25) is 0 Å². The fourth-order valence-electron chi connectivity index (χ4n) is 2.29. The van der Waals surface area contributed by atoms with Crippen LogP contribution >= 0.6 is 0 Å². The minimum absolute atomic E-state index is 0.114. The molecule has 0 amide bonds. The summed E-state index contributed by atoms with van der Waals surface area (Å²) in [5, 5.41) is 2.90. The van der Waals surface area contributed by atoms with E-state index in [1.807, 2.05) is 26.8 Å². The van der Waals surface area contributed by atoms with Crippen LogP contribution in [0.25, 0.3) is 0 Å². The van der Waals surface area contributed by atoms with Crippen molar-refractivity contribution in [2.75, 3.05) is 5.32 Å². The van der Waals surface area contributed by atoms with Gasteiger partial charge in [0.15, 0.2) is 0 Å². The Labute approximate surface area is 122 Å². The van der Waals surface area contributed by atoms with Gasteiger partial charge in [-0.05, 0) is 55.2 Å². The SMILES string of the molecule is Cc1cc(C)c(CNc2ccccc2C(F)(F)F)cc1C. The number of hydrogen-bond acceptors (Lipinski definition) is 1. The number of halogens is 3. The molecule has 2 rings (SSSR count). The zero-order valence-corrected chi connectivity index (χ0v) is 12.3. The van der Waals surface area contributed by atoms with Gasteiger partial charge in [-0.15, -0.1) is 0 Å². The van der Waals surface area contributed by atoms with Crippen LogP contribution in [0.1, 0.15) is 27.8 Å². The first-order chi connectivity index (χ1) is 9.79. The van der Waals surface area contributed by atoms with Gasteiger partial charge < -0.3 is 5.32 Å². The van der Waals surface area contributed by atoms with E-state index >= 15 is 0 Å². The highest BCUT2D eigenvalue weighted by atomic mass is 19.4. The Balaban J connectivity index is 2.23. The molecule has 0 atom stereocenters. The van der Waals surface area contributed by atoms with Crippen LogP contribution in [0.3, 0.4) is 0 Å². The van der Waals surface area contributed by atoms with Gasteiger partial charge in [0.1, 0.15) is 0 Å². The summed E-state index contributed by atoms with van der Waals surface area (Å²) in [5.41, 5.74) is 3.90. The smallest absolute Gasteiger partial charge is 0.380 e. The first-order valence-corrected chi connectivity index (χ1v) is 6.76. The number of anilines is 1. The molecule has 0 fully saturated rings. The number of rotatable bonds is 3. The summed E-state index contributed by atoms with van der Waals surface area (Å²) in [4.78, 5) is 0. The average molecular weight is 293 g/mol. The van der Waals surface area contributed by atoms with E-state index in [0.29, 0.717) is 6.54 Å². The van der Waals surface area contributed by atoms with Crippen LogP contribution in [0.4, 0.5) is 18.9 Å². The molecular formula is C17H18F3N. The van der Waals surface area contributed by atoms with Crippen LogP contribution in [-0.2, 0) is 12.7 Å². The van der Waals surface area contributed by atoms with E-state index in [1.54, 1.807) is 6.07 Å². The van der Waals surface area contributed by atoms with Gasteiger partial charge in [-0.25, -0.2) is 0 Å². The molecule has 21 heavy (non-hydrogen) atoms. The molecule has 0 aliphatic carbocycles. The largest absolute Gasteiger partial charge is 0.418 e. The molecule has 0 aliphatic heterocycles. The van der Waals surface area contributed by atoms with Gasteiger partial charge in [0.25, 0.3) is 0 Å². The maximum absolute atomic E-state index is 12.9. The summed E-state index contributed by atoms with van der Waals surface area (Å²) in [5.74, 6) is 0. The van der Waals surface area contributed by atoms with E-state index < -0.39 is 11.7 Å². The molecule has 0 heterocycles. The summed E-state index contributed by atoms with van der Waals surface area (Å²) in [6.45, 7) is 6.37. The van der Waals surface area contributed by atoms with Crippen molar-refractivity contribution in [3.63, 3.8) is 0 Å². The lowest BCUT2D eigenvalue weighted by Gasteiger charge is -2.16. The van der Waals surface area contributed by atoms with E-state index in [4.69, 9.17) is 0 Å². The summed E-state index contributed by atoms with van der Waals surface area (Å²) < 4.78 is 38.8. The van der Waals surface area contributed by atoms with Gasteiger partial charge in [-0.3, -0.25) is 0 Å². The van der Waals surface area contributed by atoms with Crippen LogP contribution in [0.5, 0.6) is 0 Å². The third-order valence-corrected chi connectivity index (χ3v) is 3.65. The number of para-hydroxylation sites is 1. The van der Waals surface area contributed by atoms with Crippen molar-refractivity contribution in [2.24, 2.45) is 0 Å². The second-order valence-corrected chi connectivity index (χ2v) is 5.26. The molecule has 2 aromatic rings. The van der Waals surface area contributed by atoms with Crippen molar-refractivity contribution in [3.05, 3.63) is 64.2 Å². The zero-order chi connectivity index (χ0) is 15.6. The molecule has 0 aliphatic rings. The molecule has 0 bridgehead atoms. The lowest BCUT2D eigenvalue weighted by atomic mass is 10.0.